The second-order valence-electron chi connectivity index (χ2n) is 8.35. The molecular formula is C25H28ClFN2O3. The Kier molecular flexibility index (Phi) is 8.22. The summed E-state index contributed by atoms with van der Waals surface area (Å²) < 4.78 is 19.7. The summed E-state index contributed by atoms with van der Waals surface area (Å²) in [5.74, 6) is -1.88. The minimum Gasteiger partial charge on any atom is -0.444 e. The molecule has 170 valence electrons. The maximum Gasteiger partial charge on any atom is 0.407 e. The smallest absolute Gasteiger partial charge is 0.407 e. The molecule has 0 spiro atoms. The van der Waals surface area contributed by atoms with E-state index in [2.05, 4.69) is 11.9 Å². The van der Waals surface area contributed by atoms with Gasteiger partial charge in [0.1, 0.15) is 11.4 Å². The maximum absolute atomic E-state index is 14.3. The highest BCUT2D eigenvalue weighted by Gasteiger charge is 2.22. The van der Waals surface area contributed by atoms with Crippen LogP contribution < -0.4 is 11.1 Å². The molecule has 0 saturated carbocycles. The summed E-state index contributed by atoms with van der Waals surface area (Å²) in [6.07, 6.45) is -0.546. The van der Waals surface area contributed by atoms with Gasteiger partial charge in [-0.3, -0.25) is 4.79 Å². The molecule has 0 saturated heterocycles. The predicted molar refractivity (Wildman–Crippen MR) is 126 cm³/mol. The van der Waals surface area contributed by atoms with Crippen LogP contribution in [0.25, 0.3) is 5.57 Å². The van der Waals surface area contributed by atoms with Gasteiger partial charge < -0.3 is 15.8 Å². The number of hydrogen-bond donors (Lipinski definition) is 2. The molecule has 1 unspecified atom stereocenters. The van der Waals surface area contributed by atoms with E-state index in [0.29, 0.717) is 5.56 Å². The largest absolute Gasteiger partial charge is 0.444 e. The fraction of sp³-hybridized carbons (Fsp3) is 0.280. The van der Waals surface area contributed by atoms with Crippen LogP contribution in [-0.2, 0) is 9.53 Å². The van der Waals surface area contributed by atoms with E-state index in [9.17, 15) is 14.0 Å². The summed E-state index contributed by atoms with van der Waals surface area (Å²) in [4.78, 5) is 23.9. The second kappa shape index (κ2) is 10.5. The van der Waals surface area contributed by atoms with Gasteiger partial charge in [-0.1, -0.05) is 54.6 Å². The number of carbonyl (C=O) groups is 2. The molecule has 3 N–H and O–H groups in total. The van der Waals surface area contributed by atoms with Crippen LogP contribution in [0.15, 0.2) is 66.5 Å². The SMILES string of the molecule is C=C(F)/C(=C(\C)C(N)=O)c1cc(C(CNC(=O)OC(C)(C)C)c2ccccc2)ccc1Cl. The second-order valence-corrected chi connectivity index (χ2v) is 8.76. The number of primary amides is 1. The number of alkyl carbamates (subject to hydrolysis) is 1. The van der Waals surface area contributed by atoms with Crippen molar-refractivity contribution in [3.05, 3.63) is 88.2 Å². The lowest BCUT2D eigenvalue weighted by Crippen LogP contribution is -2.35. The Morgan fingerprint density at radius 2 is 1.78 bits per heavy atom. The molecule has 0 heterocycles. The Bertz CT molecular complexity index is 1040. The van der Waals surface area contributed by atoms with Crippen molar-refractivity contribution >= 4 is 29.2 Å². The number of nitrogens with two attached hydrogens (primary N) is 1. The molecule has 2 aromatic carbocycles. The lowest BCUT2D eigenvalue weighted by molar-refractivity contribution is -0.114. The quantitative estimate of drug-likeness (QED) is 0.410. The van der Waals surface area contributed by atoms with Crippen LogP contribution in [-0.4, -0.2) is 24.1 Å². The van der Waals surface area contributed by atoms with E-state index in [1.165, 1.54) is 6.92 Å². The number of halogens is 2. The van der Waals surface area contributed by atoms with Crippen molar-refractivity contribution < 1.29 is 18.7 Å². The van der Waals surface area contributed by atoms with Crippen LogP contribution in [0.5, 0.6) is 0 Å². The summed E-state index contributed by atoms with van der Waals surface area (Å²) in [6, 6.07) is 14.6. The normalized spacial score (nSPS) is 13.1. The third-order valence-electron chi connectivity index (χ3n) is 4.73. The number of nitrogens with one attached hydrogen (secondary N) is 1. The lowest BCUT2D eigenvalue weighted by atomic mass is 9.88. The number of allylic oxidation sites excluding steroid dienone is 2. The summed E-state index contributed by atoms with van der Waals surface area (Å²) >= 11 is 6.35. The molecule has 0 aromatic heterocycles. The van der Waals surface area contributed by atoms with Gasteiger partial charge >= 0.3 is 6.09 Å². The third-order valence-corrected chi connectivity index (χ3v) is 5.06. The summed E-state index contributed by atoms with van der Waals surface area (Å²) in [5.41, 5.74) is 6.68. The van der Waals surface area contributed by atoms with Gasteiger partial charge in [-0.25, -0.2) is 9.18 Å². The van der Waals surface area contributed by atoms with Crippen molar-refractivity contribution in [1.29, 1.82) is 0 Å². The molecule has 0 bridgehead atoms. The Balaban J connectivity index is 2.52. The maximum atomic E-state index is 14.3. The summed E-state index contributed by atoms with van der Waals surface area (Å²) in [7, 11) is 0. The molecule has 32 heavy (non-hydrogen) atoms. The molecule has 7 heteroatoms. The van der Waals surface area contributed by atoms with Gasteiger partial charge in [0.2, 0.25) is 5.91 Å². The molecule has 2 amide bonds. The molecule has 0 radical (unpaired) electrons. The first-order valence-electron chi connectivity index (χ1n) is 10.1. The first kappa shape index (κ1) is 25.1. The monoisotopic (exact) mass is 458 g/mol. The summed E-state index contributed by atoms with van der Waals surface area (Å²) in [5, 5.41) is 3.04. The van der Waals surface area contributed by atoms with Gasteiger partial charge in [0.25, 0.3) is 0 Å². The topological polar surface area (TPSA) is 81.4 Å². The number of amides is 2. The van der Waals surface area contributed by atoms with E-state index in [-0.39, 0.29) is 28.6 Å². The van der Waals surface area contributed by atoms with E-state index in [1.807, 2.05) is 30.3 Å². The highest BCUT2D eigenvalue weighted by Crippen LogP contribution is 2.35. The van der Waals surface area contributed by atoms with Crippen molar-refractivity contribution in [2.75, 3.05) is 6.54 Å². The van der Waals surface area contributed by atoms with Gasteiger partial charge in [-0.05, 0) is 51.0 Å². The Morgan fingerprint density at radius 1 is 1.16 bits per heavy atom. The van der Waals surface area contributed by atoms with Crippen LogP contribution >= 0.6 is 11.6 Å². The molecule has 0 aliphatic carbocycles. The van der Waals surface area contributed by atoms with E-state index in [0.717, 1.165) is 11.1 Å². The molecule has 5 nitrogen and oxygen atoms in total. The fourth-order valence-corrected chi connectivity index (χ4v) is 3.45. The lowest BCUT2D eigenvalue weighted by Gasteiger charge is -2.23. The molecule has 0 aliphatic rings. The first-order valence-corrected chi connectivity index (χ1v) is 10.5. The number of ether oxygens (including phenoxy) is 1. The van der Waals surface area contributed by atoms with Crippen molar-refractivity contribution in [1.82, 2.24) is 5.32 Å². The van der Waals surface area contributed by atoms with E-state index >= 15 is 0 Å². The van der Waals surface area contributed by atoms with E-state index in [4.69, 9.17) is 22.1 Å². The average molecular weight is 459 g/mol. The zero-order chi connectivity index (χ0) is 24.1. The van der Waals surface area contributed by atoms with Crippen molar-refractivity contribution in [3.63, 3.8) is 0 Å². The Morgan fingerprint density at radius 3 is 2.31 bits per heavy atom. The van der Waals surface area contributed by atoms with Gasteiger partial charge in [-0.2, -0.15) is 0 Å². The third kappa shape index (κ3) is 6.69. The standard InChI is InChI=1S/C25H28ClFN2O3/c1-15(23(28)30)22(16(2)27)19-13-18(11-12-21(19)26)20(17-9-7-6-8-10-17)14-29-24(31)32-25(3,4)5/h6-13,20H,2,14H2,1,3-5H3,(H2,28,30)(H,29,31)/b22-15-. The van der Waals surface area contributed by atoms with Crippen LogP contribution in [0.4, 0.5) is 9.18 Å². The van der Waals surface area contributed by atoms with Crippen molar-refractivity contribution in [2.45, 2.75) is 39.2 Å². The van der Waals surface area contributed by atoms with Crippen LogP contribution in [0, 0.1) is 0 Å². The van der Waals surface area contributed by atoms with Crippen LogP contribution in [0.3, 0.4) is 0 Å². The predicted octanol–water partition coefficient (Wildman–Crippen LogP) is 5.74. The fourth-order valence-electron chi connectivity index (χ4n) is 3.24. The molecule has 0 fully saturated rings. The van der Waals surface area contributed by atoms with Gasteiger partial charge in [0.15, 0.2) is 0 Å². The molecule has 2 rings (SSSR count). The van der Waals surface area contributed by atoms with E-state index < -0.39 is 23.4 Å². The number of benzene rings is 2. The zero-order valence-electron chi connectivity index (χ0n) is 18.7. The minimum atomic E-state index is -0.816. The minimum absolute atomic E-state index is 0.0136. The van der Waals surface area contributed by atoms with Gasteiger partial charge in [0, 0.05) is 34.2 Å². The Labute approximate surface area is 193 Å². The zero-order valence-corrected chi connectivity index (χ0v) is 19.4. The van der Waals surface area contributed by atoms with Crippen LogP contribution in [0.1, 0.15) is 50.3 Å². The molecule has 0 aliphatic heterocycles. The van der Waals surface area contributed by atoms with Crippen molar-refractivity contribution in [3.8, 4) is 0 Å². The number of hydrogen-bond acceptors (Lipinski definition) is 3. The molecule has 1 atom stereocenters. The first-order chi connectivity index (χ1) is 14.9. The molecular weight excluding hydrogens is 431 g/mol. The number of rotatable bonds is 7. The summed E-state index contributed by atoms with van der Waals surface area (Å²) in [6.45, 7) is 10.3. The van der Waals surface area contributed by atoms with Gasteiger partial charge in [-0.15, -0.1) is 0 Å². The highest BCUT2D eigenvalue weighted by atomic mass is 35.5. The van der Waals surface area contributed by atoms with E-state index in [1.54, 1.807) is 39.0 Å². The van der Waals surface area contributed by atoms with Crippen molar-refractivity contribution in [2.24, 2.45) is 5.73 Å². The highest BCUT2D eigenvalue weighted by molar-refractivity contribution is 6.32. The molecule has 2 aromatic rings. The van der Waals surface area contributed by atoms with Gasteiger partial charge in [0.05, 0.1) is 0 Å². The number of carbonyl (C=O) groups excluding carboxylic acids is 2. The average Bonchev–Trinajstić information content (AvgIpc) is 2.69. The Hall–Kier alpha value is -3.12. The van der Waals surface area contributed by atoms with Crippen LogP contribution in [0.2, 0.25) is 5.02 Å².